The highest BCUT2D eigenvalue weighted by atomic mass is 79.9. The van der Waals surface area contributed by atoms with Crippen molar-refractivity contribution >= 4 is 31.8 Å². The summed E-state index contributed by atoms with van der Waals surface area (Å²) >= 11 is 3.20. The van der Waals surface area contributed by atoms with Gasteiger partial charge in [0.1, 0.15) is 4.90 Å². The zero-order valence-electron chi connectivity index (χ0n) is 10.3. The lowest BCUT2D eigenvalue weighted by Crippen LogP contribution is -2.34. The van der Waals surface area contributed by atoms with Crippen molar-refractivity contribution < 1.29 is 8.42 Å². The number of anilines is 1. The van der Waals surface area contributed by atoms with Crippen LogP contribution in [0.15, 0.2) is 21.6 Å². The van der Waals surface area contributed by atoms with Crippen LogP contribution < -0.4 is 16.0 Å². The first kappa shape index (κ1) is 15.4. The molecule has 0 bridgehead atoms. The number of hydrogen-bond acceptors (Lipinski definition) is 5. The van der Waals surface area contributed by atoms with Gasteiger partial charge in [-0.3, -0.25) is 0 Å². The molecule has 0 amide bonds. The molecule has 0 radical (unpaired) electrons. The summed E-state index contributed by atoms with van der Waals surface area (Å²) in [6.45, 7) is 3.86. The van der Waals surface area contributed by atoms with Gasteiger partial charge >= 0.3 is 0 Å². The Balaban J connectivity index is 3.15. The Morgan fingerprint density at radius 3 is 2.56 bits per heavy atom. The second-order valence-corrected chi connectivity index (χ2v) is 6.38. The van der Waals surface area contributed by atoms with Gasteiger partial charge in [0.15, 0.2) is 5.82 Å². The summed E-state index contributed by atoms with van der Waals surface area (Å²) in [7, 11) is -3.63. The summed E-state index contributed by atoms with van der Waals surface area (Å²) in [6.07, 6.45) is 2.93. The first-order valence-corrected chi connectivity index (χ1v) is 7.86. The fourth-order valence-corrected chi connectivity index (χ4v) is 3.50. The molecule has 0 saturated carbocycles. The van der Waals surface area contributed by atoms with E-state index in [2.05, 4.69) is 31.1 Å². The van der Waals surface area contributed by atoms with E-state index in [4.69, 9.17) is 5.84 Å². The molecule has 1 rings (SSSR count). The van der Waals surface area contributed by atoms with Gasteiger partial charge < -0.3 is 5.43 Å². The standard InChI is InChI=1S/C10H17BrN4O2S/c1-3-8(4-2)15-18(16,17)9-5-7(11)6-13-10(9)14-12/h5-6,8,15H,3-4,12H2,1-2H3,(H,13,14). The number of rotatable bonds is 6. The first-order chi connectivity index (χ1) is 8.44. The Morgan fingerprint density at radius 2 is 2.06 bits per heavy atom. The smallest absolute Gasteiger partial charge is 0.244 e. The molecule has 1 aromatic heterocycles. The molecule has 0 spiro atoms. The highest BCUT2D eigenvalue weighted by Crippen LogP contribution is 2.22. The summed E-state index contributed by atoms with van der Waals surface area (Å²) in [5.41, 5.74) is 2.29. The Morgan fingerprint density at radius 1 is 1.44 bits per heavy atom. The molecule has 0 unspecified atom stereocenters. The summed E-state index contributed by atoms with van der Waals surface area (Å²) in [5, 5.41) is 0. The van der Waals surface area contributed by atoms with Crippen molar-refractivity contribution in [3.8, 4) is 0 Å². The van der Waals surface area contributed by atoms with Gasteiger partial charge in [0.05, 0.1) is 0 Å². The van der Waals surface area contributed by atoms with E-state index in [9.17, 15) is 8.42 Å². The summed E-state index contributed by atoms with van der Waals surface area (Å²) in [4.78, 5) is 3.95. The van der Waals surface area contributed by atoms with Crippen LogP contribution >= 0.6 is 15.9 Å². The molecule has 4 N–H and O–H groups in total. The van der Waals surface area contributed by atoms with E-state index >= 15 is 0 Å². The largest absolute Gasteiger partial charge is 0.307 e. The zero-order valence-corrected chi connectivity index (χ0v) is 12.7. The number of nitrogens with zero attached hydrogens (tertiary/aromatic N) is 1. The first-order valence-electron chi connectivity index (χ1n) is 5.59. The minimum Gasteiger partial charge on any atom is -0.307 e. The Kier molecular flexibility index (Phi) is 5.51. The second-order valence-electron chi connectivity index (χ2n) is 3.78. The van der Waals surface area contributed by atoms with Gasteiger partial charge in [0, 0.05) is 16.7 Å². The van der Waals surface area contributed by atoms with Crippen LogP contribution in [-0.4, -0.2) is 19.4 Å². The summed E-state index contributed by atoms with van der Waals surface area (Å²) in [5.74, 6) is 5.40. The Labute approximate surface area is 116 Å². The van der Waals surface area contributed by atoms with Gasteiger partial charge in [-0.25, -0.2) is 24.0 Å². The number of aromatic nitrogens is 1. The highest BCUT2D eigenvalue weighted by molar-refractivity contribution is 9.10. The molecule has 6 nitrogen and oxygen atoms in total. The minimum absolute atomic E-state index is 0.0336. The van der Waals surface area contributed by atoms with Crippen LogP contribution in [0.4, 0.5) is 5.82 Å². The van der Waals surface area contributed by atoms with E-state index in [1.54, 1.807) is 0 Å². The maximum absolute atomic E-state index is 12.2. The normalized spacial score (nSPS) is 11.8. The van der Waals surface area contributed by atoms with Crippen molar-refractivity contribution in [3.63, 3.8) is 0 Å². The molecule has 0 atom stereocenters. The quantitative estimate of drug-likeness (QED) is 0.541. The van der Waals surface area contributed by atoms with E-state index in [1.165, 1.54) is 12.3 Å². The zero-order chi connectivity index (χ0) is 13.8. The van der Waals surface area contributed by atoms with Crippen molar-refractivity contribution in [2.75, 3.05) is 5.43 Å². The molecule has 0 aliphatic heterocycles. The van der Waals surface area contributed by atoms with Crippen LogP contribution in [0.25, 0.3) is 0 Å². The van der Waals surface area contributed by atoms with Gasteiger partial charge in [-0.1, -0.05) is 13.8 Å². The van der Waals surface area contributed by atoms with Crippen LogP contribution in [0.3, 0.4) is 0 Å². The van der Waals surface area contributed by atoms with Crippen molar-refractivity contribution in [1.82, 2.24) is 9.71 Å². The third-order valence-electron chi connectivity index (χ3n) is 2.55. The number of hydrazine groups is 1. The van der Waals surface area contributed by atoms with Crippen LogP contribution in [0.2, 0.25) is 0 Å². The predicted octanol–water partition coefficient (Wildman–Crippen LogP) is 1.60. The minimum atomic E-state index is -3.63. The summed E-state index contributed by atoms with van der Waals surface area (Å²) in [6, 6.07) is 1.37. The molecule has 102 valence electrons. The van der Waals surface area contributed by atoms with Crippen LogP contribution in [0.1, 0.15) is 26.7 Å². The molecule has 0 aromatic carbocycles. The fraction of sp³-hybridized carbons (Fsp3) is 0.500. The maximum atomic E-state index is 12.2. The average molecular weight is 337 g/mol. The second kappa shape index (κ2) is 6.46. The predicted molar refractivity (Wildman–Crippen MR) is 74.4 cm³/mol. The number of hydrogen-bond donors (Lipinski definition) is 3. The van der Waals surface area contributed by atoms with Crippen LogP contribution in [-0.2, 0) is 10.0 Å². The maximum Gasteiger partial charge on any atom is 0.244 e. The number of pyridine rings is 1. The molecule has 1 aromatic rings. The number of nitrogens with two attached hydrogens (primary N) is 1. The number of nitrogen functional groups attached to an aromatic ring is 1. The monoisotopic (exact) mass is 336 g/mol. The van der Waals surface area contributed by atoms with E-state index in [0.717, 1.165) is 12.8 Å². The SMILES string of the molecule is CCC(CC)NS(=O)(=O)c1cc(Br)cnc1NN. The number of nitrogens with one attached hydrogen (secondary N) is 2. The van der Waals surface area contributed by atoms with Gasteiger partial charge in [0.25, 0.3) is 0 Å². The van der Waals surface area contributed by atoms with Crippen molar-refractivity contribution in [2.24, 2.45) is 5.84 Å². The highest BCUT2D eigenvalue weighted by Gasteiger charge is 2.22. The van der Waals surface area contributed by atoms with E-state index in [-0.39, 0.29) is 16.8 Å². The van der Waals surface area contributed by atoms with E-state index in [0.29, 0.717) is 4.47 Å². The van der Waals surface area contributed by atoms with Gasteiger partial charge in [0.2, 0.25) is 10.0 Å². The molecule has 0 aliphatic rings. The molecular weight excluding hydrogens is 320 g/mol. The van der Waals surface area contributed by atoms with Crippen molar-refractivity contribution in [3.05, 3.63) is 16.7 Å². The van der Waals surface area contributed by atoms with Crippen LogP contribution in [0, 0.1) is 0 Å². The van der Waals surface area contributed by atoms with E-state index in [1.807, 2.05) is 13.8 Å². The molecule has 18 heavy (non-hydrogen) atoms. The fourth-order valence-electron chi connectivity index (χ4n) is 1.47. The molecule has 0 aliphatic carbocycles. The van der Waals surface area contributed by atoms with Crippen LogP contribution in [0.5, 0.6) is 0 Å². The lowest BCUT2D eigenvalue weighted by molar-refractivity contribution is 0.530. The molecule has 0 fully saturated rings. The van der Waals surface area contributed by atoms with Gasteiger partial charge in [-0.2, -0.15) is 0 Å². The van der Waals surface area contributed by atoms with Gasteiger partial charge in [-0.15, -0.1) is 0 Å². The number of halogens is 1. The van der Waals surface area contributed by atoms with Crippen molar-refractivity contribution in [1.29, 1.82) is 0 Å². The average Bonchev–Trinajstić information content (AvgIpc) is 2.36. The molecule has 0 saturated heterocycles. The third-order valence-corrected chi connectivity index (χ3v) is 4.52. The Bertz CT molecular complexity index is 503. The topological polar surface area (TPSA) is 97.1 Å². The van der Waals surface area contributed by atoms with Gasteiger partial charge in [-0.05, 0) is 34.8 Å². The lowest BCUT2D eigenvalue weighted by atomic mass is 10.2. The molecule has 1 heterocycles. The van der Waals surface area contributed by atoms with E-state index < -0.39 is 10.0 Å². The lowest BCUT2D eigenvalue weighted by Gasteiger charge is -2.16. The summed E-state index contributed by atoms with van der Waals surface area (Å²) < 4.78 is 27.7. The van der Waals surface area contributed by atoms with Crippen molar-refractivity contribution in [2.45, 2.75) is 37.6 Å². The third kappa shape index (κ3) is 3.64. The molecular formula is C10H17BrN4O2S. The molecule has 8 heteroatoms. The number of sulfonamides is 1. The Hall–Kier alpha value is -0.700.